The van der Waals surface area contributed by atoms with Crippen molar-refractivity contribution in [1.29, 1.82) is 5.26 Å². The van der Waals surface area contributed by atoms with E-state index < -0.39 is 0 Å². The first-order valence-electron chi connectivity index (χ1n) is 4.83. The molecule has 0 aromatic carbocycles. The van der Waals surface area contributed by atoms with Crippen LogP contribution >= 0.6 is 0 Å². The second-order valence-electron chi connectivity index (χ2n) is 4.00. The molecule has 3 nitrogen and oxygen atoms in total. The molecule has 1 amide bonds. The molecule has 2 atom stereocenters. The maximum atomic E-state index is 11.3. The van der Waals surface area contributed by atoms with Crippen LogP contribution in [0.2, 0.25) is 0 Å². The van der Waals surface area contributed by atoms with Crippen LogP contribution in [0, 0.1) is 23.2 Å². The Morgan fingerprint density at radius 1 is 1.54 bits per heavy atom. The summed E-state index contributed by atoms with van der Waals surface area (Å²) in [5.74, 6) is 0.294. The SMILES string of the molecule is CC(C)C(=O)NC1CCC(C#N)C1. The first kappa shape index (κ1) is 10.0. The van der Waals surface area contributed by atoms with Gasteiger partial charge in [-0.05, 0) is 19.3 Å². The van der Waals surface area contributed by atoms with Crippen LogP contribution in [0.25, 0.3) is 0 Å². The van der Waals surface area contributed by atoms with Gasteiger partial charge in [0.05, 0.1) is 6.07 Å². The van der Waals surface area contributed by atoms with Gasteiger partial charge in [0, 0.05) is 17.9 Å². The van der Waals surface area contributed by atoms with Crippen molar-refractivity contribution < 1.29 is 4.79 Å². The minimum atomic E-state index is 0.0427. The number of hydrogen-bond acceptors (Lipinski definition) is 2. The maximum Gasteiger partial charge on any atom is 0.222 e. The molecule has 13 heavy (non-hydrogen) atoms. The topological polar surface area (TPSA) is 52.9 Å². The molecular formula is C10H16N2O. The van der Waals surface area contributed by atoms with E-state index in [1.807, 2.05) is 13.8 Å². The summed E-state index contributed by atoms with van der Waals surface area (Å²) in [4.78, 5) is 11.3. The van der Waals surface area contributed by atoms with E-state index in [2.05, 4.69) is 11.4 Å². The number of hydrogen-bond donors (Lipinski definition) is 1. The van der Waals surface area contributed by atoms with Gasteiger partial charge in [-0.1, -0.05) is 13.8 Å². The first-order valence-corrected chi connectivity index (χ1v) is 4.83. The molecule has 1 N–H and O–H groups in total. The molecular weight excluding hydrogens is 164 g/mol. The summed E-state index contributed by atoms with van der Waals surface area (Å²) in [5, 5.41) is 11.6. The Labute approximate surface area is 79.1 Å². The normalized spacial score (nSPS) is 27.2. The van der Waals surface area contributed by atoms with Crippen LogP contribution in [0.1, 0.15) is 33.1 Å². The van der Waals surface area contributed by atoms with Crippen LogP contribution in [-0.2, 0) is 4.79 Å². The molecule has 3 heteroatoms. The Kier molecular flexibility index (Phi) is 3.30. The number of carbonyl (C=O) groups is 1. The lowest BCUT2D eigenvalue weighted by atomic mass is 10.1. The molecule has 0 spiro atoms. The van der Waals surface area contributed by atoms with Crippen molar-refractivity contribution in [2.24, 2.45) is 11.8 Å². The van der Waals surface area contributed by atoms with Crippen LogP contribution in [0.3, 0.4) is 0 Å². The number of nitrogens with one attached hydrogen (secondary N) is 1. The zero-order valence-corrected chi connectivity index (χ0v) is 8.21. The number of nitrogens with zero attached hydrogens (tertiary/aromatic N) is 1. The molecule has 0 bridgehead atoms. The summed E-state index contributed by atoms with van der Waals surface area (Å²) in [6.07, 6.45) is 2.71. The minimum absolute atomic E-state index is 0.0427. The zero-order valence-electron chi connectivity index (χ0n) is 8.21. The lowest BCUT2D eigenvalue weighted by Crippen LogP contribution is -2.35. The summed E-state index contributed by atoms with van der Waals surface area (Å²) in [6, 6.07) is 2.48. The fraction of sp³-hybridized carbons (Fsp3) is 0.800. The molecule has 0 radical (unpaired) electrons. The van der Waals surface area contributed by atoms with E-state index in [4.69, 9.17) is 5.26 Å². The van der Waals surface area contributed by atoms with E-state index in [9.17, 15) is 4.79 Å². The molecule has 0 aromatic rings. The predicted octanol–water partition coefficient (Wildman–Crippen LogP) is 1.45. The molecule has 0 aromatic heterocycles. The fourth-order valence-corrected chi connectivity index (χ4v) is 1.60. The number of carbonyl (C=O) groups excluding carboxylic acids is 1. The van der Waals surface area contributed by atoms with Crippen LogP contribution in [-0.4, -0.2) is 11.9 Å². The third kappa shape index (κ3) is 2.73. The van der Waals surface area contributed by atoms with Crippen molar-refractivity contribution in [2.45, 2.75) is 39.2 Å². The van der Waals surface area contributed by atoms with E-state index in [1.54, 1.807) is 0 Å². The van der Waals surface area contributed by atoms with Crippen molar-refractivity contribution in [1.82, 2.24) is 5.32 Å². The molecule has 1 saturated carbocycles. The van der Waals surface area contributed by atoms with Gasteiger partial charge in [0.2, 0.25) is 5.91 Å². The van der Waals surface area contributed by atoms with Gasteiger partial charge in [-0.2, -0.15) is 5.26 Å². The second kappa shape index (κ2) is 4.27. The molecule has 1 rings (SSSR count). The van der Waals surface area contributed by atoms with E-state index in [-0.39, 0.29) is 23.8 Å². The molecule has 1 aliphatic rings. The summed E-state index contributed by atoms with van der Waals surface area (Å²) in [5.41, 5.74) is 0. The highest BCUT2D eigenvalue weighted by Gasteiger charge is 2.25. The monoisotopic (exact) mass is 180 g/mol. The number of amides is 1. The van der Waals surface area contributed by atoms with Gasteiger partial charge >= 0.3 is 0 Å². The molecule has 0 saturated heterocycles. The smallest absolute Gasteiger partial charge is 0.222 e. The molecule has 2 unspecified atom stereocenters. The van der Waals surface area contributed by atoms with Crippen molar-refractivity contribution >= 4 is 5.91 Å². The predicted molar refractivity (Wildman–Crippen MR) is 49.7 cm³/mol. The average Bonchev–Trinajstić information content (AvgIpc) is 2.52. The van der Waals surface area contributed by atoms with Gasteiger partial charge in [-0.3, -0.25) is 4.79 Å². The Bertz CT molecular complexity index is 230. The molecule has 72 valence electrons. The van der Waals surface area contributed by atoms with Crippen LogP contribution in [0.15, 0.2) is 0 Å². The lowest BCUT2D eigenvalue weighted by molar-refractivity contribution is -0.124. The van der Waals surface area contributed by atoms with Crippen molar-refractivity contribution in [3.8, 4) is 6.07 Å². The van der Waals surface area contributed by atoms with Crippen molar-refractivity contribution in [3.05, 3.63) is 0 Å². The standard InChI is InChI=1S/C10H16N2O/c1-7(2)10(13)12-9-4-3-8(5-9)6-11/h7-9H,3-5H2,1-2H3,(H,12,13). The summed E-state index contributed by atoms with van der Waals surface area (Å²) in [6.45, 7) is 3.76. The van der Waals surface area contributed by atoms with Gasteiger partial charge in [-0.25, -0.2) is 0 Å². The zero-order chi connectivity index (χ0) is 9.84. The van der Waals surface area contributed by atoms with E-state index >= 15 is 0 Å². The quantitative estimate of drug-likeness (QED) is 0.699. The van der Waals surface area contributed by atoms with Gasteiger partial charge in [0.1, 0.15) is 0 Å². The highest BCUT2D eigenvalue weighted by Crippen LogP contribution is 2.24. The van der Waals surface area contributed by atoms with Gasteiger partial charge in [0.15, 0.2) is 0 Å². The van der Waals surface area contributed by atoms with E-state index in [0.717, 1.165) is 19.3 Å². The maximum absolute atomic E-state index is 11.3. The average molecular weight is 180 g/mol. The molecule has 1 fully saturated rings. The highest BCUT2D eigenvalue weighted by molar-refractivity contribution is 5.78. The Morgan fingerprint density at radius 2 is 2.23 bits per heavy atom. The van der Waals surface area contributed by atoms with Gasteiger partial charge in [0.25, 0.3) is 0 Å². The Morgan fingerprint density at radius 3 is 2.69 bits per heavy atom. The highest BCUT2D eigenvalue weighted by atomic mass is 16.1. The minimum Gasteiger partial charge on any atom is -0.353 e. The number of rotatable bonds is 2. The lowest BCUT2D eigenvalue weighted by Gasteiger charge is -2.13. The van der Waals surface area contributed by atoms with Crippen molar-refractivity contribution in [3.63, 3.8) is 0 Å². The van der Waals surface area contributed by atoms with E-state index in [1.165, 1.54) is 0 Å². The number of nitriles is 1. The third-order valence-electron chi connectivity index (χ3n) is 2.49. The largest absolute Gasteiger partial charge is 0.353 e. The summed E-state index contributed by atoms with van der Waals surface area (Å²) < 4.78 is 0. The van der Waals surface area contributed by atoms with Crippen LogP contribution < -0.4 is 5.32 Å². The summed E-state index contributed by atoms with van der Waals surface area (Å²) in [7, 11) is 0. The van der Waals surface area contributed by atoms with Crippen LogP contribution in [0.5, 0.6) is 0 Å². The van der Waals surface area contributed by atoms with Crippen LogP contribution in [0.4, 0.5) is 0 Å². The van der Waals surface area contributed by atoms with Gasteiger partial charge < -0.3 is 5.32 Å². The molecule has 0 heterocycles. The first-order chi connectivity index (χ1) is 6.13. The van der Waals surface area contributed by atoms with Crippen molar-refractivity contribution in [2.75, 3.05) is 0 Å². The Hall–Kier alpha value is -1.04. The van der Waals surface area contributed by atoms with E-state index in [0.29, 0.717) is 0 Å². The molecule has 1 aliphatic carbocycles. The third-order valence-corrected chi connectivity index (χ3v) is 2.49. The van der Waals surface area contributed by atoms with Gasteiger partial charge in [-0.15, -0.1) is 0 Å². The fourth-order valence-electron chi connectivity index (χ4n) is 1.60. The molecule has 0 aliphatic heterocycles. The second-order valence-corrected chi connectivity index (χ2v) is 4.00. The summed E-state index contributed by atoms with van der Waals surface area (Å²) >= 11 is 0. The Balaban J connectivity index is 2.33.